The zero-order valence-corrected chi connectivity index (χ0v) is 55.1. The number of carbonyl (C=O) groups excluding carboxylic acids is 3. The Morgan fingerprint density at radius 1 is 0.700 bits per heavy atom. The average Bonchev–Trinajstić information content (AvgIpc) is 0.754. The Balaban J connectivity index is 1.13. The first-order chi connectivity index (χ1) is 42.2. The first kappa shape index (κ1) is 72.8. The van der Waals surface area contributed by atoms with Gasteiger partial charge < -0.3 is 98.8 Å². The topological polar surface area (TPSA) is 357 Å². The lowest BCUT2D eigenvalue weighted by molar-refractivity contribution is -0.383. The van der Waals surface area contributed by atoms with Crippen molar-refractivity contribution in [2.75, 3.05) is 26.4 Å². The summed E-state index contributed by atoms with van der Waals surface area (Å²) in [5, 5.41) is 126. The maximum absolute atomic E-state index is 14.3. The molecule has 27 atom stereocenters. The first-order valence-corrected chi connectivity index (χ1v) is 33.0. The first-order valence-electron chi connectivity index (χ1n) is 33.0. The summed E-state index contributed by atoms with van der Waals surface area (Å²) in [4.78, 5) is 42.4. The molecule has 3 saturated heterocycles. The number of allylic oxidation sites excluding steroid dienone is 4. The number of hydrogen-bond acceptors (Lipinski definition) is 23. The molecule has 0 radical (unpaired) electrons. The second kappa shape index (κ2) is 28.3. The highest BCUT2D eigenvalue weighted by Gasteiger charge is 2.76. The molecule has 27 unspecified atom stereocenters. The van der Waals surface area contributed by atoms with Gasteiger partial charge in [-0.25, -0.2) is 9.59 Å². The molecule has 3 heterocycles. The minimum absolute atomic E-state index is 0.0381. The summed E-state index contributed by atoms with van der Waals surface area (Å²) in [5.74, 6) is -3.68. The molecule has 0 amide bonds. The lowest BCUT2D eigenvalue weighted by atomic mass is 9.32. The highest BCUT2D eigenvalue weighted by Crippen LogP contribution is 2.76. The fourth-order valence-corrected chi connectivity index (χ4v) is 17.6. The second-order valence-corrected chi connectivity index (χ2v) is 29.8. The third-order valence-corrected chi connectivity index (χ3v) is 23.3. The molecule has 5 aliphatic carbocycles. The molecular formula is C67H108O23. The molecule has 7 fully saturated rings. The molecule has 0 aromatic rings. The Labute approximate surface area is 530 Å². The summed E-state index contributed by atoms with van der Waals surface area (Å²) < 4.78 is 56.0. The van der Waals surface area contributed by atoms with Gasteiger partial charge in [0, 0.05) is 16.9 Å². The molecule has 8 rings (SSSR count). The van der Waals surface area contributed by atoms with Crippen LogP contribution in [0.25, 0.3) is 0 Å². The Kier molecular flexibility index (Phi) is 22.9. The van der Waals surface area contributed by atoms with Crippen LogP contribution in [0.4, 0.5) is 0 Å². The van der Waals surface area contributed by atoms with E-state index < -0.39 is 199 Å². The Hall–Kier alpha value is -3.05. The molecule has 90 heavy (non-hydrogen) atoms. The standard InChI is InChI=1S/C67H108O23/c1-14-16-17-27-82-58(81)52-50(87-59-47(75)45(73)39(31-69)84-59)49(77)51(88-60-48(76)46(74)44(72)38(30-68)83-60)61(89-52)85-42-24-25-64(11)40(63(42,9)10)23-26-65(12)41(64)22-21-36-37-29-62(7,8)55(86-43(71)28-34(5)20-18-19-33(3)4)56(90-57(80)35(6)15-2)67(37,32-70)54(79)53(78)66(36,65)13/h19,21,28,35,37-42,44-56,59-61,68-70,72-79H,14-18,20,22-27,29-32H2,1-13H3. The van der Waals surface area contributed by atoms with Crippen molar-refractivity contribution in [3.63, 3.8) is 0 Å². The van der Waals surface area contributed by atoms with E-state index >= 15 is 0 Å². The van der Waals surface area contributed by atoms with Gasteiger partial charge in [0.15, 0.2) is 31.1 Å². The van der Waals surface area contributed by atoms with E-state index in [4.69, 9.17) is 42.6 Å². The number of hydrogen-bond donors (Lipinski definition) is 11. The van der Waals surface area contributed by atoms with Crippen LogP contribution < -0.4 is 0 Å². The van der Waals surface area contributed by atoms with Gasteiger partial charge in [0.1, 0.15) is 67.1 Å². The van der Waals surface area contributed by atoms with Crippen LogP contribution in [0.1, 0.15) is 167 Å². The normalized spacial score (nSPS) is 45.0. The van der Waals surface area contributed by atoms with Gasteiger partial charge in [-0.1, -0.05) is 111 Å². The van der Waals surface area contributed by atoms with Gasteiger partial charge in [-0.15, -0.1) is 0 Å². The lowest BCUT2D eigenvalue weighted by Gasteiger charge is -2.73. The van der Waals surface area contributed by atoms with Crippen LogP contribution in [-0.4, -0.2) is 217 Å². The Morgan fingerprint density at radius 3 is 1.92 bits per heavy atom. The summed E-state index contributed by atoms with van der Waals surface area (Å²) in [6, 6.07) is 0. The van der Waals surface area contributed by atoms with Crippen LogP contribution in [0.2, 0.25) is 0 Å². The van der Waals surface area contributed by atoms with Gasteiger partial charge in [-0.05, 0) is 119 Å². The fourth-order valence-electron chi connectivity index (χ4n) is 17.6. The number of esters is 3. The molecule has 0 spiro atoms. The number of unbranched alkanes of at least 4 members (excludes halogenated alkanes) is 2. The van der Waals surface area contributed by atoms with Crippen molar-refractivity contribution < 1.29 is 113 Å². The smallest absolute Gasteiger partial charge is 0.338 e. The molecule has 23 nitrogen and oxygen atoms in total. The molecule has 4 saturated carbocycles. The van der Waals surface area contributed by atoms with Crippen molar-refractivity contribution in [1.82, 2.24) is 0 Å². The van der Waals surface area contributed by atoms with Crippen LogP contribution in [0.3, 0.4) is 0 Å². The van der Waals surface area contributed by atoms with Gasteiger partial charge in [0.05, 0.1) is 56.1 Å². The fraction of sp³-hybridized carbons (Fsp3) is 0.866. The van der Waals surface area contributed by atoms with Crippen molar-refractivity contribution in [2.45, 2.75) is 284 Å². The Bertz CT molecular complexity index is 2580. The molecule has 11 N–H and O–H groups in total. The number of rotatable bonds is 22. The summed E-state index contributed by atoms with van der Waals surface area (Å²) in [7, 11) is 0. The number of carbonyl (C=O) groups is 3. The quantitative estimate of drug-likeness (QED) is 0.0184. The predicted molar refractivity (Wildman–Crippen MR) is 323 cm³/mol. The minimum atomic E-state index is -1.99. The third kappa shape index (κ3) is 13.0. The summed E-state index contributed by atoms with van der Waals surface area (Å²) in [6.45, 7) is 23.6. The molecule has 3 aliphatic heterocycles. The van der Waals surface area contributed by atoms with Crippen molar-refractivity contribution in [3.05, 3.63) is 34.9 Å². The summed E-state index contributed by atoms with van der Waals surface area (Å²) in [6.07, 6.45) is -18.5. The van der Waals surface area contributed by atoms with Gasteiger partial charge >= 0.3 is 17.9 Å². The van der Waals surface area contributed by atoms with Crippen LogP contribution in [0.15, 0.2) is 34.9 Å². The molecular weight excluding hydrogens is 1170 g/mol. The molecule has 23 heteroatoms. The zero-order chi connectivity index (χ0) is 66.5. The molecule has 0 bridgehead atoms. The van der Waals surface area contributed by atoms with E-state index in [0.29, 0.717) is 57.8 Å². The van der Waals surface area contributed by atoms with Crippen molar-refractivity contribution in [1.29, 1.82) is 0 Å². The number of ether oxygens (including phenoxy) is 9. The number of fused-ring (bicyclic) bond motifs is 7. The van der Waals surface area contributed by atoms with E-state index in [1.807, 2.05) is 55.4 Å². The minimum Gasteiger partial charge on any atom is -0.464 e. The highest BCUT2D eigenvalue weighted by atomic mass is 16.8. The number of aliphatic hydroxyl groups excluding tert-OH is 11. The molecule has 0 aromatic heterocycles. The maximum Gasteiger partial charge on any atom is 0.338 e. The zero-order valence-electron chi connectivity index (χ0n) is 55.1. The van der Waals surface area contributed by atoms with E-state index in [0.717, 1.165) is 36.0 Å². The number of aliphatic hydroxyl groups is 11. The van der Waals surface area contributed by atoms with Gasteiger partial charge in [-0.3, -0.25) is 4.79 Å². The highest BCUT2D eigenvalue weighted by molar-refractivity contribution is 5.83. The van der Waals surface area contributed by atoms with Crippen molar-refractivity contribution >= 4 is 17.9 Å². The molecule has 0 aromatic carbocycles. The van der Waals surface area contributed by atoms with Gasteiger partial charge in [0.2, 0.25) is 0 Å². The third-order valence-electron chi connectivity index (χ3n) is 23.3. The van der Waals surface area contributed by atoms with Crippen molar-refractivity contribution in [2.24, 2.45) is 56.2 Å². The maximum atomic E-state index is 14.3. The molecule has 8 aliphatic rings. The van der Waals surface area contributed by atoms with Crippen molar-refractivity contribution in [3.8, 4) is 0 Å². The van der Waals surface area contributed by atoms with Gasteiger partial charge in [-0.2, -0.15) is 0 Å². The Morgan fingerprint density at radius 2 is 1.32 bits per heavy atom. The largest absolute Gasteiger partial charge is 0.464 e. The van der Waals surface area contributed by atoms with E-state index in [2.05, 4.69) is 39.8 Å². The van der Waals surface area contributed by atoms with E-state index in [-0.39, 0.29) is 18.4 Å². The van der Waals surface area contributed by atoms with Crippen LogP contribution in [0.5, 0.6) is 0 Å². The second-order valence-electron chi connectivity index (χ2n) is 29.8. The SMILES string of the molecule is CCCCCOC(=O)C1OC(OC2CCC3(C)C(CCC4(C)C3CC=C3C5CC(C)(C)C(OC(=O)C=C(C)CCC=C(C)C)C(OC(=O)C(C)CC)C5(CO)C(O)C(O)C34C)C2(C)C)C(OC2OC(CO)C(O)C(O)C2O)C(O)C1OC1OC(CO)C(O)C1O. The average molecular weight is 1280 g/mol. The van der Waals surface area contributed by atoms with Crippen LogP contribution in [0, 0.1) is 56.2 Å². The van der Waals surface area contributed by atoms with Crippen LogP contribution >= 0.6 is 0 Å². The summed E-state index contributed by atoms with van der Waals surface area (Å²) in [5.41, 5.74) is -2.87. The monoisotopic (exact) mass is 1280 g/mol. The van der Waals surface area contributed by atoms with E-state index in [9.17, 15) is 70.6 Å². The lowest BCUT2D eigenvalue weighted by Crippen LogP contribution is -2.76. The summed E-state index contributed by atoms with van der Waals surface area (Å²) >= 11 is 0. The predicted octanol–water partition coefficient (Wildman–Crippen LogP) is 3.72. The van der Waals surface area contributed by atoms with Crippen LogP contribution in [-0.2, 0) is 57.0 Å². The molecule has 514 valence electrons. The van der Waals surface area contributed by atoms with E-state index in [1.165, 1.54) is 6.08 Å². The van der Waals surface area contributed by atoms with E-state index in [1.54, 1.807) is 6.92 Å². The van der Waals surface area contributed by atoms with Gasteiger partial charge in [0.25, 0.3) is 0 Å².